The van der Waals surface area contributed by atoms with Gasteiger partial charge in [0.1, 0.15) is 24.4 Å². The largest absolute Gasteiger partial charge is 0.394 e. The minimum absolute atomic E-state index is 0.196. The molecule has 0 spiro atoms. The first-order chi connectivity index (χ1) is 32.8. The lowest BCUT2D eigenvalue weighted by molar-refractivity contribution is -0.302. The lowest BCUT2D eigenvalue weighted by Crippen LogP contribution is -2.60. The zero-order valence-corrected chi connectivity index (χ0v) is 43.7. The molecule has 0 aromatic rings. The summed E-state index contributed by atoms with van der Waals surface area (Å²) in [5.41, 5.74) is 0. The van der Waals surface area contributed by atoms with E-state index in [9.17, 15) is 30.3 Å². The fourth-order valence-electron chi connectivity index (χ4n) is 9.10. The summed E-state index contributed by atoms with van der Waals surface area (Å²) in [7, 11) is 0. The fourth-order valence-corrected chi connectivity index (χ4v) is 9.10. The molecule has 1 saturated heterocycles. The molecule has 1 amide bonds. The van der Waals surface area contributed by atoms with Crippen molar-refractivity contribution >= 4 is 5.91 Å². The number of allylic oxidation sites excluding steroid dienone is 5. The third kappa shape index (κ3) is 37.9. The van der Waals surface area contributed by atoms with E-state index < -0.39 is 49.5 Å². The highest BCUT2D eigenvalue weighted by atomic mass is 16.7. The van der Waals surface area contributed by atoms with Crippen molar-refractivity contribution in [1.82, 2.24) is 5.32 Å². The molecule has 0 aromatic heterocycles. The van der Waals surface area contributed by atoms with E-state index in [0.717, 1.165) is 64.2 Å². The van der Waals surface area contributed by atoms with Gasteiger partial charge in [0, 0.05) is 6.42 Å². The second-order valence-electron chi connectivity index (χ2n) is 20.1. The molecule has 9 heteroatoms. The van der Waals surface area contributed by atoms with Crippen LogP contribution in [0.1, 0.15) is 271 Å². The highest BCUT2D eigenvalue weighted by Gasteiger charge is 2.44. The molecular weight excluding hydrogens is 839 g/mol. The van der Waals surface area contributed by atoms with E-state index in [-0.39, 0.29) is 12.5 Å². The van der Waals surface area contributed by atoms with Crippen molar-refractivity contribution in [3.63, 3.8) is 0 Å². The number of hydrogen-bond acceptors (Lipinski definition) is 8. The standard InChI is InChI=1S/C58H109NO8/c1-3-5-7-9-11-13-15-16-17-18-19-20-21-22-23-24-25-26-27-28-29-30-31-32-33-34-35-36-38-39-41-43-45-47-52(61)51(50-66-58-57(65)56(64)55(63)53(49-60)67-58)59-54(62)48-46-44-42-40-37-14-12-10-8-6-4-2/h10,12,38-39,45,47,51-53,55-58,60-61,63-65H,3-9,11,13-37,40-44,46,48-50H2,1-2H3,(H,59,62)/b12-10-,39-38+,47-45+. The first kappa shape index (κ1) is 63.4. The zero-order chi connectivity index (χ0) is 48.7. The van der Waals surface area contributed by atoms with Crippen LogP contribution in [0.3, 0.4) is 0 Å². The molecule has 9 nitrogen and oxygen atoms in total. The molecule has 7 unspecified atom stereocenters. The van der Waals surface area contributed by atoms with Crippen LogP contribution in [-0.4, -0.2) is 87.5 Å². The molecule has 1 heterocycles. The molecule has 0 bridgehead atoms. The number of carbonyl (C=O) groups is 1. The Labute approximate surface area is 412 Å². The summed E-state index contributed by atoms with van der Waals surface area (Å²) in [5.74, 6) is -0.196. The first-order valence-electron chi connectivity index (χ1n) is 28.7. The van der Waals surface area contributed by atoms with Gasteiger partial charge >= 0.3 is 0 Å². The highest BCUT2D eigenvalue weighted by molar-refractivity contribution is 5.76. The van der Waals surface area contributed by atoms with Crippen LogP contribution in [0.5, 0.6) is 0 Å². The van der Waals surface area contributed by atoms with Gasteiger partial charge < -0.3 is 40.3 Å². The van der Waals surface area contributed by atoms with Crippen molar-refractivity contribution in [2.75, 3.05) is 13.2 Å². The van der Waals surface area contributed by atoms with Crippen LogP contribution >= 0.6 is 0 Å². The summed E-state index contributed by atoms with van der Waals surface area (Å²) in [6, 6.07) is -0.825. The first-order valence-corrected chi connectivity index (χ1v) is 28.7. The minimum atomic E-state index is -1.57. The van der Waals surface area contributed by atoms with E-state index in [0.29, 0.717) is 6.42 Å². The second kappa shape index (κ2) is 48.1. The van der Waals surface area contributed by atoms with Crippen LogP contribution in [0.25, 0.3) is 0 Å². The maximum atomic E-state index is 12.9. The highest BCUT2D eigenvalue weighted by Crippen LogP contribution is 2.23. The van der Waals surface area contributed by atoms with Crippen LogP contribution in [0.4, 0.5) is 0 Å². The van der Waals surface area contributed by atoms with Crippen LogP contribution in [0.2, 0.25) is 0 Å². The predicted octanol–water partition coefficient (Wildman–Crippen LogP) is 14.0. The van der Waals surface area contributed by atoms with E-state index in [1.165, 1.54) is 186 Å². The van der Waals surface area contributed by atoms with Crippen molar-refractivity contribution < 1.29 is 39.8 Å². The number of nitrogens with one attached hydrogen (secondary N) is 1. The molecule has 0 radical (unpaired) electrons. The number of aliphatic hydroxyl groups is 5. The van der Waals surface area contributed by atoms with Gasteiger partial charge in [-0.1, -0.05) is 249 Å². The maximum Gasteiger partial charge on any atom is 0.220 e. The summed E-state index contributed by atoms with van der Waals surface area (Å²) in [5, 5.41) is 54.3. The molecule has 7 atom stereocenters. The van der Waals surface area contributed by atoms with Crippen LogP contribution < -0.4 is 5.32 Å². The smallest absolute Gasteiger partial charge is 0.220 e. The molecule has 6 N–H and O–H groups in total. The number of unbranched alkanes of at least 4 members (excludes halogenated alkanes) is 35. The van der Waals surface area contributed by atoms with E-state index in [1.807, 2.05) is 6.08 Å². The zero-order valence-electron chi connectivity index (χ0n) is 43.7. The van der Waals surface area contributed by atoms with E-state index in [2.05, 4.69) is 43.5 Å². The number of hydrogen-bond donors (Lipinski definition) is 6. The minimum Gasteiger partial charge on any atom is -0.394 e. The third-order valence-corrected chi connectivity index (χ3v) is 13.7. The Morgan fingerprint density at radius 3 is 1.30 bits per heavy atom. The summed E-state index contributed by atoms with van der Waals surface area (Å²) in [6.07, 6.45) is 55.4. The second-order valence-corrected chi connectivity index (χ2v) is 20.1. The Kier molecular flexibility index (Phi) is 45.5. The molecule has 1 fully saturated rings. The normalized spacial score (nSPS) is 19.9. The molecule has 1 aliphatic rings. The van der Waals surface area contributed by atoms with Crippen LogP contribution in [0, 0.1) is 0 Å². The van der Waals surface area contributed by atoms with Gasteiger partial charge in [0.25, 0.3) is 0 Å². The molecule has 1 aliphatic heterocycles. The average Bonchev–Trinajstić information content (AvgIpc) is 3.33. The number of rotatable bonds is 49. The molecule has 394 valence electrons. The average molecular weight is 949 g/mol. The monoisotopic (exact) mass is 948 g/mol. The molecule has 1 rings (SSSR count). The topological polar surface area (TPSA) is 149 Å². The van der Waals surface area contributed by atoms with Crippen LogP contribution in [-0.2, 0) is 14.3 Å². The van der Waals surface area contributed by atoms with E-state index in [1.54, 1.807) is 6.08 Å². The van der Waals surface area contributed by atoms with Gasteiger partial charge in [-0.25, -0.2) is 0 Å². The lowest BCUT2D eigenvalue weighted by Gasteiger charge is -2.40. The van der Waals surface area contributed by atoms with Gasteiger partial charge in [-0.05, 0) is 51.4 Å². The SMILES string of the molecule is CCCC/C=C\CCCCCCCC(=O)NC(COC1OC(CO)C(O)C(O)C1O)C(O)/C=C/CC/C=C/CCCCCCCCCCCCCCCCCCCCCCCCCCCCC. The fraction of sp³-hybridized carbons (Fsp3) is 0.879. The predicted molar refractivity (Wildman–Crippen MR) is 281 cm³/mol. The van der Waals surface area contributed by atoms with Crippen molar-refractivity contribution in [2.24, 2.45) is 0 Å². The molecule has 67 heavy (non-hydrogen) atoms. The van der Waals surface area contributed by atoms with Crippen molar-refractivity contribution in [3.8, 4) is 0 Å². The Balaban J connectivity index is 2.13. The summed E-state index contributed by atoms with van der Waals surface area (Å²) >= 11 is 0. The van der Waals surface area contributed by atoms with Crippen molar-refractivity contribution in [3.05, 3.63) is 36.5 Å². The molecule has 0 saturated carbocycles. The number of ether oxygens (including phenoxy) is 2. The van der Waals surface area contributed by atoms with Crippen LogP contribution in [0.15, 0.2) is 36.5 Å². The Morgan fingerprint density at radius 2 is 0.866 bits per heavy atom. The molecule has 0 aromatic carbocycles. The van der Waals surface area contributed by atoms with Gasteiger partial charge in [0.15, 0.2) is 6.29 Å². The third-order valence-electron chi connectivity index (χ3n) is 13.7. The quantitative estimate of drug-likeness (QED) is 0.0261. The van der Waals surface area contributed by atoms with Crippen molar-refractivity contribution in [2.45, 2.75) is 314 Å². The van der Waals surface area contributed by atoms with Crippen molar-refractivity contribution in [1.29, 1.82) is 0 Å². The van der Waals surface area contributed by atoms with E-state index >= 15 is 0 Å². The van der Waals surface area contributed by atoms with Gasteiger partial charge in [0.05, 0.1) is 25.4 Å². The summed E-state index contributed by atoms with van der Waals surface area (Å²) < 4.78 is 11.2. The van der Waals surface area contributed by atoms with Gasteiger partial charge in [-0.3, -0.25) is 4.79 Å². The molecule has 0 aliphatic carbocycles. The Morgan fingerprint density at radius 1 is 0.493 bits per heavy atom. The summed E-state index contributed by atoms with van der Waals surface area (Å²) in [4.78, 5) is 12.9. The summed E-state index contributed by atoms with van der Waals surface area (Å²) in [6.45, 7) is 3.73. The number of amides is 1. The Bertz CT molecular complexity index is 1150. The van der Waals surface area contributed by atoms with Gasteiger partial charge in [-0.15, -0.1) is 0 Å². The maximum absolute atomic E-state index is 12.9. The number of carbonyl (C=O) groups excluding carboxylic acids is 1. The Hall–Kier alpha value is -1.59. The molecular formula is C58H109NO8. The number of aliphatic hydroxyl groups excluding tert-OH is 5. The van der Waals surface area contributed by atoms with E-state index in [4.69, 9.17) is 9.47 Å². The van der Waals surface area contributed by atoms with Gasteiger partial charge in [0.2, 0.25) is 5.91 Å². The van der Waals surface area contributed by atoms with Gasteiger partial charge in [-0.2, -0.15) is 0 Å². The lowest BCUT2D eigenvalue weighted by atomic mass is 9.99.